The van der Waals surface area contributed by atoms with Gasteiger partial charge in [0.15, 0.2) is 11.5 Å². The van der Waals surface area contributed by atoms with Gasteiger partial charge in [-0.3, -0.25) is 9.97 Å². The van der Waals surface area contributed by atoms with Gasteiger partial charge in [-0.05, 0) is 125 Å². The molecule has 1 aliphatic heterocycles. The Hall–Kier alpha value is -7.96. The molecular formula is C52H35N5O. The molecule has 6 nitrogen and oxygen atoms in total. The summed E-state index contributed by atoms with van der Waals surface area (Å²) in [6, 6.07) is 66.6. The number of anilines is 6. The van der Waals surface area contributed by atoms with Crippen molar-refractivity contribution in [2.45, 2.75) is 0 Å². The fourth-order valence-corrected chi connectivity index (χ4v) is 8.29. The van der Waals surface area contributed by atoms with Crippen LogP contribution in [0, 0.1) is 0 Å². The van der Waals surface area contributed by atoms with Crippen LogP contribution >= 0.6 is 0 Å². The van der Waals surface area contributed by atoms with E-state index in [2.05, 4.69) is 164 Å². The summed E-state index contributed by atoms with van der Waals surface area (Å²) in [4.78, 5) is 13.2. The molecule has 4 heterocycles. The summed E-state index contributed by atoms with van der Waals surface area (Å²) < 4.78 is 8.89. The minimum Gasteiger partial charge on any atom is -0.453 e. The Bertz CT molecular complexity index is 2910. The molecule has 0 aliphatic carbocycles. The zero-order chi connectivity index (χ0) is 38.4. The minimum absolute atomic E-state index is 0.806. The van der Waals surface area contributed by atoms with Crippen molar-refractivity contribution in [2.24, 2.45) is 0 Å². The molecule has 0 atom stereocenters. The molecule has 274 valence electrons. The van der Waals surface area contributed by atoms with Crippen molar-refractivity contribution in [1.29, 1.82) is 0 Å². The summed E-state index contributed by atoms with van der Waals surface area (Å²) in [7, 11) is 0. The highest BCUT2D eigenvalue weighted by Gasteiger charge is 2.27. The number of pyridine rings is 2. The van der Waals surface area contributed by atoms with Gasteiger partial charge in [0.05, 0.1) is 39.5 Å². The largest absolute Gasteiger partial charge is 0.453 e. The van der Waals surface area contributed by atoms with Crippen LogP contribution in [0.5, 0.6) is 11.5 Å². The van der Waals surface area contributed by atoms with Gasteiger partial charge in [0.1, 0.15) is 0 Å². The Labute approximate surface area is 336 Å². The van der Waals surface area contributed by atoms with Crippen molar-refractivity contribution in [3.63, 3.8) is 0 Å². The van der Waals surface area contributed by atoms with E-state index in [-0.39, 0.29) is 0 Å². The molecule has 0 radical (unpaired) electrons. The molecule has 0 unspecified atom stereocenters. The van der Waals surface area contributed by atoms with Crippen molar-refractivity contribution in [1.82, 2.24) is 14.5 Å². The summed E-state index contributed by atoms with van der Waals surface area (Å²) in [6.45, 7) is 0. The smallest absolute Gasteiger partial charge is 0.151 e. The van der Waals surface area contributed by atoms with E-state index in [1.807, 2.05) is 73.3 Å². The van der Waals surface area contributed by atoms with Gasteiger partial charge >= 0.3 is 0 Å². The maximum absolute atomic E-state index is 6.49. The van der Waals surface area contributed by atoms with Gasteiger partial charge in [-0.25, -0.2) is 0 Å². The number of aromatic nitrogens is 3. The van der Waals surface area contributed by atoms with Crippen molar-refractivity contribution in [2.75, 3.05) is 9.80 Å². The first-order valence-electron chi connectivity index (χ1n) is 19.4. The molecule has 0 N–H and O–H groups in total. The van der Waals surface area contributed by atoms with E-state index in [4.69, 9.17) is 4.74 Å². The Balaban J connectivity index is 1.17. The van der Waals surface area contributed by atoms with Gasteiger partial charge in [0, 0.05) is 46.9 Å². The number of hydrogen-bond acceptors (Lipinski definition) is 5. The Morgan fingerprint density at radius 2 is 0.810 bits per heavy atom. The number of hydrogen-bond donors (Lipinski definition) is 0. The minimum atomic E-state index is 0.806. The fourth-order valence-electron chi connectivity index (χ4n) is 8.29. The van der Waals surface area contributed by atoms with Gasteiger partial charge in [-0.1, -0.05) is 84.9 Å². The maximum Gasteiger partial charge on any atom is 0.151 e. The zero-order valence-electron chi connectivity index (χ0n) is 31.4. The van der Waals surface area contributed by atoms with Crippen molar-refractivity contribution in [3.05, 3.63) is 213 Å². The molecule has 3 aromatic heterocycles. The van der Waals surface area contributed by atoms with Gasteiger partial charge in [0.25, 0.3) is 0 Å². The molecule has 0 bridgehead atoms. The first kappa shape index (κ1) is 33.4. The van der Waals surface area contributed by atoms with Crippen LogP contribution in [-0.4, -0.2) is 14.5 Å². The van der Waals surface area contributed by atoms with Gasteiger partial charge in [0.2, 0.25) is 0 Å². The predicted octanol–water partition coefficient (Wildman–Crippen LogP) is 14.0. The molecule has 0 spiro atoms. The van der Waals surface area contributed by atoms with Crippen LogP contribution in [-0.2, 0) is 0 Å². The third-order valence-corrected chi connectivity index (χ3v) is 11.0. The van der Waals surface area contributed by atoms with Crippen molar-refractivity contribution in [3.8, 4) is 39.4 Å². The third kappa shape index (κ3) is 5.74. The summed E-state index contributed by atoms with van der Waals surface area (Å²) in [5, 5.41) is 2.42. The second-order valence-corrected chi connectivity index (χ2v) is 14.4. The first-order valence-corrected chi connectivity index (χ1v) is 19.4. The van der Waals surface area contributed by atoms with E-state index in [0.717, 1.165) is 84.6 Å². The van der Waals surface area contributed by atoms with Gasteiger partial charge in [-0.15, -0.1) is 0 Å². The van der Waals surface area contributed by atoms with Crippen LogP contribution in [0.4, 0.5) is 34.1 Å². The number of ether oxygens (including phenoxy) is 1. The van der Waals surface area contributed by atoms with Crippen LogP contribution in [0.25, 0.3) is 49.7 Å². The molecule has 7 aromatic carbocycles. The monoisotopic (exact) mass is 745 g/mol. The molecule has 0 saturated heterocycles. The van der Waals surface area contributed by atoms with Crippen LogP contribution in [0.2, 0.25) is 0 Å². The van der Waals surface area contributed by atoms with Gasteiger partial charge < -0.3 is 19.1 Å². The second kappa shape index (κ2) is 14.0. The van der Waals surface area contributed by atoms with Gasteiger partial charge in [-0.2, -0.15) is 0 Å². The number of nitrogens with zero attached hydrogens (tertiary/aromatic N) is 5. The first-order chi connectivity index (χ1) is 28.8. The van der Waals surface area contributed by atoms with Crippen LogP contribution in [0.3, 0.4) is 0 Å². The van der Waals surface area contributed by atoms with Crippen molar-refractivity contribution >= 4 is 55.9 Å². The lowest BCUT2D eigenvalue weighted by Crippen LogP contribution is -2.17. The second-order valence-electron chi connectivity index (χ2n) is 14.4. The SMILES string of the molecule is c1ccc2c(c1)Oc1ccccc1N2c1cc(N(c2ccc(-c3ccncc3)cc2)c2ccc(-c3ccncc3)cc2)cc(-n2c3ccccc3c3ccccc32)c1. The Kier molecular flexibility index (Phi) is 8.04. The summed E-state index contributed by atoms with van der Waals surface area (Å²) in [5.41, 5.74) is 13.8. The lowest BCUT2D eigenvalue weighted by molar-refractivity contribution is 0.477. The van der Waals surface area contributed by atoms with E-state index >= 15 is 0 Å². The average Bonchev–Trinajstić information content (AvgIpc) is 3.64. The van der Waals surface area contributed by atoms with Crippen LogP contribution in [0.15, 0.2) is 213 Å². The van der Waals surface area contributed by atoms with Crippen LogP contribution < -0.4 is 14.5 Å². The molecule has 10 aromatic rings. The van der Waals surface area contributed by atoms with Crippen LogP contribution in [0.1, 0.15) is 0 Å². The molecular weight excluding hydrogens is 711 g/mol. The maximum atomic E-state index is 6.49. The summed E-state index contributed by atoms with van der Waals surface area (Å²) in [5.74, 6) is 1.61. The molecule has 0 saturated carbocycles. The quantitative estimate of drug-likeness (QED) is 0.163. The van der Waals surface area contributed by atoms with E-state index in [9.17, 15) is 0 Å². The summed E-state index contributed by atoms with van der Waals surface area (Å²) in [6.07, 6.45) is 7.35. The molecule has 6 heteroatoms. The highest BCUT2D eigenvalue weighted by molar-refractivity contribution is 6.09. The number of benzene rings is 7. The van der Waals surface area contributed by atoms with Crippen molar-refractivity contribution < 1.29 is 4.74 Å². The fraction of sp³-hybridized carbons (Fsp3) is 0. The van der Waals surface area contributed by atoms with E-state index in [1.165, 1.54) is 10.8 Å². The molecule has 0 amide bonds. The Morgan fingerprint density at radius 1 is 0.379 bits per heavy atom. The number of fused-ring (bicyclic) bond motifs is 5. The Morgan fingerprint density at radius 3 is 1.33 bits per heavy atom. The van der Waals surface area contributed by atoms with E-state index in [0.29, 0.717) is 0 Å². The number of para-hydroxylation sites is 6. The topological polar surface area (TPSA) is 46.4 Å². The predicted molar refractivity (Wildman–Crippen MR) is 237 cm³/mol. The normalized spacial score (nSPS) is 11.9. The molecule has 0 fully saturated rings. The summed E-state index contributed by atoms with van der Waals surface area (Å²) >= 11 is 0. The lowest BCUT2D eigenvalue weighted by atomic mass is 10.0. The molecule has 58 heavy (non-hydrogen) atoms. The zero-order valence-corrected chi connectivity index (χ0v) is 31.4. The highest BCUT2D eigenvalue weighted by atomic mass is 16.5. The third-order valence-electron chi connectivity index (χ3n) is 11.0. The standard InChI is InChI=1S/C52H35N5O/c1-3-11-47-45(9-1)46-10-2-4-12-48(46)56(47)43-33-42(34-44(35-43)57-49-13-5-7-15-51(49)58-52-16-8-6-14-50(52)57)55(40-21-17-36(18-22-40)38-25-29-53-30-26-38)41-23-19-37(20-24-41)39-27-31-54-32-28-39/h1-35H. The average molecular weight is 746 g/mol. The molecule has 11 rings (SSSR count). The highest BCUT2D eigenvalue weighted by Crippen LogP contribution is 2.52. The van der Waals surface area contributed by atoms with E-state index < -0.39 is 0 Å². The lowest BCUT2D eigenvalue weighted by Gasteiger charge is -2.34. The van der Waals surface area contributed by atoms with E-state index in [1.54, 1.807) is 0 Å². The number of rotatable bonds is 7. The molecule has 1 aliphatic rings.